The molecule has 3 nitrogen and oxygen atoms in total. The molecular weight excluding hydrogens is 212 g/mol. The first-order valence-electron chi connectivity index (χ1n) is 5.56. The summed E-state index contributed by atoms with van der Waals surface area (Å²) in [5.74, 6) is -0.394. The number of H-pyrrole nitrogens is 1. The number of aryl methyl sites for hydroxylation is 3. The van der Waals surface area contributed by atoms with E-state index in [1.54, 1.807) is 0 Å². The predicted molar refractivity (Wildman–Crippen MR) is 69.0 cm³/mol. The number of aromatic nitrogens is 1. The van der Waals surface area contributed by atoms with Gasteiger partial charge in [-0.25, -0.2) is 0 Å². The van der Waals surface area contributed by atoms with Crippen molar-refractivity contribution in [2.75, 3.05) is 0 Å². The first kappa shape index (κ1) is 11.5. The van der Waals surface area contributed by atoms with E-state index in [1.807, 2.05) is 13.0 Å². The fourth-order valence-corrected chi connectivity index (χ4v) is 2.07. The SMILES string of the molecule is Cc1ccc(-c2cc(C(N)=O)c(C)[nH]2)c(C)c1. The molecule has 0 aliphatic heterocycles. The van der Waals surface area contributed by atoms with Crippen LogP contribution in [0.5, 0.6) is 0 Å². The maximum absolute atomic E-state index is 11.2. The summed E-state index contributed by atoms with van der Waals surface area (Å²) in [6.07, 6.45) is 0. The highest BCUT2D eigenvalue weighted by molar-refractivity contribution is 5.95. The van der Waals surface area contributed by atoms with Crippen LogP contribution in [0.1, 0.15) is 27.2 Å². The van der Waals surface area contributed by atoms with Gasteiger partial charge in [0, 0.05) is 17.0 Å². The minimum atomic E-state index is -0.394. The summed E-state index contributed by atoms with van der Waals surface area (Å²) in [5, 5.41) is 0. The van der Waals surface area contributed by atoms with Crippen molar-refractivity contribution in [2.45, 2.75) is 20.8 Å². The van der Waals surface area contributed by atoms with Crippen LogP contribution >= 0.6 is 0 Å². The number of carbonyl (C=O) groups excluding carboxylic acids is 1. The number of amides is 1. The van der Waals surface area contributed by atoms with Crippen molar-refractivity contribution in [1.82, 2.24) is 4.98 Å². The van der Waals surface area contributed by atoms with Gasteiger partial charge in [-0.2, -0.15) is 0 Å². The summed E-state index contributed by atoms with van der Waals surface area (Å²) < 4.78 is 0. The van der Waals surface area contributed by atoms with E-state index in [-0.39, 0.29) is 0 Å². The van der Waals surface area contributed by atoms with Gasteiger partial charge in [0.1, 0.15) is 0 Å². The third-order valence-electron chi connectivity index (χ3n) is 2.95. The van der Waals surface area contributed by atoms with Gasteiger partial charge < -0.3 is 10.7 Å². The second kappa shape index (κ2) is 4.09. The highest BCUT2D eigenvalue weighted by Gasteiger charge is 2.11. The average molecular weight is 228 g/mol. The van der Waals surface area contributed by atoms with Crippen LogP contribution in [0.25, 0.3) is 11.3 Å². The molecule has 88 valence electrons. The molecule has 3 heteroatoms. The molecule has 0 atom stereocenters. The number of hydrogen-bond donors (Lipinski definition) is 2. The first-order valence-corrected chi connectivity index (χ1v) is 5.56. The molecule has 1 aromatic heterocycles. The second-order valence-corrected chi connectivity index (χ2v) is 4.40. The number of benzene rings is 1. The molecule has 1 amide bonds. The largest absolute Gasteiger partial charge is 0.366 e. The fraction of sp³-hybridized carbons (Fsp3) is 0.214. The van der Waals surface area contributed by atoms with E-state index >= 15 is 0 Å². The van der Waals surface area contributed by atoms with Gasteiger partial charge >= 0.3 is 0 Å². The van der Waals surface area contributed by atoms with Crippen LogP contribution in [0.3, 0.4) is 0 Å². The normalized spacial score (nSPS) is 10.5. The van der Waals surface area contributed by atoms with Crippen molar-refractivity contribution < 1.29 is 4.79 Å². The van der Waals surface area contributed by atoms with Crippen LogP contribution in [0.4, 0.5) is 0 Å². The van der Waals surface area contributed by atoms with Gasteiger partial charge in [-0.15, -0.1) is 0 Å². The van der Waals surface area contributed by atoms with Gasteiger partial charge in [-0.05, 0) is 32.4 Å². The lowest BCUT2D eigenvalue weighted by Gasteiger charge is -2.04. The lowest BCUT2D eigenvalue weighted by molar-refractivity contribution is 0.1000. The van der Waals surface area contributed by atoms with Crippen molar-refractivity contribution in [3.63, 3.8) is 0 Å². The molecule has 1 heterocycles. The molecule has 2 aromatic rings. The molecule has 0 radical (unpaired) electrons. The molecule has 3 N–H and O–H groups in total. The highest BCUT2D eigenvalue weighted by atomic mass is 16.1. The molecular formula is C14H16N2O. The summed E-state index contributed by atoms with van der Waals surface area (Å²) in [4.78, 5) is 14.4. The first-order chi connectivity index (χ1) is 7.99. The van der Waals surface area contributed by atoms with E-state index in [0.717, 1.165) is 17.0 Å². The Morgan fingerprint density at radius 1 is 1.18 bits per heavy atom. The molecule has 0 saturated heterocycles. The van der Waals surface area contributed by atoms with Gasteiger partial charge in [0.25, 0.3) is 5.91 Å². The molecule has 0 fully saturated rings. The van der Waals surface area contributed by atoms with E-state index in [9.17, 15) is 4.79 Å². The lowest BCUT2D eigenvalue weighted by atomic mass is 10.0. The standard InChI is InChI=1S/C14H16N2O/c1-8-4-5-11(9(2)6-8)13-7-12(14(15)17)10(3)16-13/h4-7,16H,1-3H3,(H2,15,17). The minimum Gasteiger partial charge on any atom is -0.366 e. The number of carbonyl (C=O) groups is 1. The number of nitrogens with two attached hydrogens (primary N) is 1. The van der Waals surface area contributed by atoms with E-state index in [4.69, 9.17) is 5.73 Å². The van der Waals surface area contributed by atoms with Crippen molar-refractivity contribution >= 4 is 5.91 Å². The zero-order valence-corrected chi connectivity index (χ0v) is 10.3. The Balaban J connectivity index is 2.53. The minimum absolute atomic E-state index is 0.394. The summed E-state index contributed by atoms with van der Waals surface area (Å²) in [7, 11) is 0. The predicted octanol–water partition coefficient (Wildman–Crippen LogP) is 2.71. The molecule has 0 aliphatic carbocycles. The lowest BCUT2D eigenvalue weighted by Crippen LogP contribution is -2.10. The van der Waals surface area contributed by atoms with Gasteiger partial charge in [0.15, 0.2) is 0 Å². The van der Waals surface area contributed by atoms with Crippen molar-refractivity contribution in [3.8, 4) is 11.3 Å². The zero-order chi connectivity index (χ0) is 12.6. The van der Waals surface area contributed by atoms with E-state index in [2.05, 4.69) is 37.0 Å². The zero-order valence-electron chi connectivity index (χ0n) is 10.3. The Labute approximate surface area is 101 Å². The van der Waals surface area contributed by atoms with Crippen LogP contribution in [0.15, 0.2) is 24.3 Å². The topological polar surface area (TPSA) is 58.9 Å². The molecule has 0 unspecified atom stereocenters. The van der Waals surface area contributed by atoms with Crippen LogP contribution in [0.2, 0.25) is 0 Å². The second-order valence-electron chi connectivity index (χ2n) is 4.40. The third kappa shape index (κ3) is 2.09. The van der Waals surface area contributed by atoms with Crippen LogP contribution < -0.4 is 5.73 Å². The maximum atomic E-state index is 11.2. The molecule has 17 heavy (non-hydrogen) atoms. The summed E-state index contributed by atoms with van der Waals surface area (Å²) >= 11 is 0. The van der Waals surface area contributed by atoms with Gasteiger partial charge in [-0.3, -0.25) is 4.79 Å². The molecule has 1 aromatic carbocycles. The number of nitrogens with one attached hydrogen (secondary N) is 1. The van der Waals surface area contributed by atoms with E-state index < -0.39 is 5.91 Å². The van der Waals surface area contributed by atoms with Crippen molar-refractivity contribution in [1.29, 1.82) is 0 Å². The molecule has 0 spiro atoms. The molecule has 0 saturated carbocycles. The summed E-state index contributed by atoms with van der Waals surface area (Å²) in [6.45, 7) is 5.97. The smallest absolute Gasteiger partial charge is 0.250 e. The molecule has 2 rings (SSSR count). The monoisotopic (exact) mass is 228 g/mol. The Morgan fingerprint density at radius 2 is 1.88 bits per heavy atom. The summed E-state index contributed by atoms with van der Waals surface area (Å²) in [6, 6.07) is 8.05. The average Bonchev–Trinajstić information content (AvgIpc) is 2.60. The maximum Gasteiger partial charge on any atom is 0.250 e. The Kier molecular flexibility index (Phi) is 2.76. The van der Waals surface area contributed by atoms with Crippen molar-refractivity contribution in [3.05, 3.63) is 46.6 Å². The number of aromatic amines is 1. The molecule has 0 aliphatic rings. The van der Waals surface area contributed by atoms with E-state index in [1.165, 1.54) is 11.1 Å². The highest BCUT2D eigenvalue weighted by Crippen LogP contribution is 2.25. The van der Waals surface area contributed by atoms with Crippen LogP contribution in [-0.2, 0) is 0 Å². The Hall–Kier alpha value is -2.03. The quantitative estimate of drug-likeness (QED) is 0.815. The van der Waals surface area contributed by atoms with Gasteiger partial charge in [0.2, 0.25) is 0 Å². The Bertz CT molecular complexity index is 582. The van der Waals surface area contributed by atoms with Crippen LogP contribution in [-0.4, -0.2) is 10.9 Å². The van der Waals surface area contributed by atoms with Crippen LogP contribution in [0, 0.1) is 20.8 Å². The van der Waals surface area contributed by atoms with Crippen molar-refractivity contribution in [2.24, 2.45) is 5.73 Å². The number of hydrogen-bond acceptors (Lipinski definition) is 1. The fourth-order valence-electron chi connectivity index (χ4n) is 2.07. The summed E-state index contributed by atoms with van der Waals surface area (Å²) in [5.41, 5.74) is 11.1. The third-order valence-corrected chi connectivity index (χ3v) is 2.95. The number of primary amides is 1. The Morgan fingerprint density at radius 3 is 2.41 bits per heavy atom. The van der Waals surface area contributed by atoms with Gasteiger partial charge in [-0.1, -0.05) is 23.8 Å². The van der Waals surface area contributed by atoms with E-state index in [0.29, 0.717) is 5.56 Å². The molecule has 0 bridgehead atoms. The number of rotatable bonds is 2. The van der Waals surface area contributed by atoms with Gasteiger partial charge in [0.05, 0.1) is 5.56 Å².